The minimum atomic E-state index is -0.508. The van der Waals surface area contributed by atoms with Crippen LogP contribution < -0.4 is 19.9 Å². The Kier molecular flexibility index (Phi) is 4.49. The Morgan fingerprint density at radius 3 is 2.52 bits per heavy atom. The number of rotatable bonds is 4. The van der Waals surface area contributed by atoms with Gasteiger partial charge in [-0.25, -0.2) is 0 Å². The van der Waals surface area contributed by atoms with Gasteiger partial charge in [0.1, 0.15) is 17.4 Å². The number of phenols is 1. The van der Waals surface area contributed by atoms with Crippen molar-refractivity contribution in [2.45, 2.75) is 5.92 Å². The Bertz CT molecular complexity index is 1140. The smallest absolute Gasteiger partial charge is 0.244 e. The number of nitriles is 1. The van der Waals surface area contributed by atoms with Gasteiger partial charge in [0.05, 0.1) is 31.4 Å². The van der Waals surface area contributed by atoms with Crippen LogP contribution in [0.1, 0.15) is 17.0 Å². The maximum atomic E-state index is 9.74. The second-order valence-corrected chi connectivity index (χ2v) is 6.40. The molecule has 2 aromatic carbocycles. The van der Waals surface area contributed by atoms with Gasteiger partial charge in [0.25, 0.3) is 0 Å². The number of hydrogen-bond donors (Lipinski definition) is 3. The number of nitrogens with one attached hydrogen (secondary N) is 1. The third-order valence-electron chi connectivity index (χ3n) is 4.84. The minimum absolute atomic E-state index is 0.00318. The lowest BCUT2D eigenvalue weighted by atomic mass is 9.83. The van der Waals surface area contributed by atoms with Crippen LogP contribution in [0.25, 0.3) is 11.3 Å². The highest BCUT2D eigenvalue weighted by atomic mass is 16.5. The Balaban J connectivity index is 1.92. The molecule has 8 nitrogen and oxygen atoms in total. The van der Waals surface area contributed by atoms with Gasteiger partial charge < -0.3 is 25.1 Å². The first-order valence-corrected chi connectivity index (χ1v) is 8.74. The third kappa shape index (κ3) is 2.99. The summed E-state index contributed by atoms with van der Waals surface area (Å²) in [5.41, 5.74) is 9.15. The van der Waals surface area contributed by atoms with Crippen LogP contribution in [0.5, 0.6) is 23.1 Å². The van der Waals surface area contributed by atoms with E-state index in [0.29, 0.717) is 28.6 Å². The molecule has 0 saturated heterocycles. The molecular weight excluding hydrogens is 372 g/mol. The summed E-state index contributed by atoms with van der Waals surface area (Å²) in [6.45, 7) is 0. The zero-order chi connectivity index (χ0) is 20.5. The number of aromatic hydroxyl groups is 1. The number of allylic oxidation sites excluding steroid dienone is 1. The number of benzene rings is 2. The number of H-pyrrole nitrogens is 1. The summed E-state index contributed by atoms with van der Waals surface area (Å²) in [5.74, 6) is 1.07. The van der Waals surface area contributed by atoms with Crippen molar-refractivity contribution >= 4 is 0 Å². The summed E-state index contributed by atoms with van der Waals surface area (Å²) in [6.07, 6.45) is 0. The molecule has 2 heterocycles. The van der Waals surface area contributed by atoms with Crippen LogP contribution in [-0.2, 0) is 0 Å². The molecule has 0 amide bonds. The lowest BCUT2D eigenvalue weighted by molar-refractivity contribution is 0.355. The first-order chi connectivity index (χ1) is 14.1. The Labute approximate surface area is 166 Å². The number of methoxy groups -OCH3 is 2. The summed E-state index contributed by atoms with van der Waals surface area (Å²) >= 11 is 0. The van der Waals surface area contributed by atoms with Crippen molar-refractivity contribution in [2.24, 2.45) is 5.73 Å². The number of ether oxygens (including phenoxy) is 3. The van der Waals surface area contributed by atoms with Crippen LogP contribution in [0.15, 0.2) is 53.9 Å². The maximum absolute atomic E-state index is 9.74. The lowest BCUT2D eigenvalue weighted by Crippen LogP contribution is -2.20. The van der Waals surface area contributed by atoms with Gasteiger partial charge in [0, 0.05) is 5.56 Å². The number of phenolic OH excluding ortho intramolecular Hbond substituents is 1. The van der Waals surface area contributed by atoms with Gasteiger partial charge in [-0.3, -0.25) is 5.10 Å². The van der Waals surface area contributed by atoms with Crippen molar-refractivity contribution in [2.75, 3.05) is 14.2 Å². The number of aromatic nitrogens is 2. The van der Waals surface area contributed by atoms with Gasteiger partial charge in [0.15, 0.2) is 11.5 Å². The van der Waals surface area contributed by atoms with Crippen LogP contribution >= 0.6 is 0 Å². The van der Waals surface area contributed by atoms with Crippen molar-refractivity contribution in [1.29, 1.82) is 5.26 Å². The first-order valence-electron chi connectivity index (χ1n) is 8.74. The molecule has 1 aliphatic heterocycles. The van der Waals surface area contributed by atoms with Gasteiger partial charge in [-0.2, -0.15) is 5.26 Å². The molecule has 3 aromatic rings. The molecule has 1 atom stereocenters. The predicted octanol–water partition coefficient (Wildman–Crippen LogP) is 3.02. The van der Waals surface area contributed by atoms with E-state index >= 15 is 0 Å². The molecule has 4 N–H and O–H groups in total. The minimum Gasteiger partial charge on any atom is -0.508 e. The van der Waals surface area contributed by atoms with E-state index in [1.165, 1.54) is 0 Å². The average Bonchev–Trinajstić information content (AvgIpc) is 3.16. The average molecular weight is 390 g/mol. The number of fused-ring (bicyclic) bond motifs is 1. The van der Waals surface area contributed by atoms with Gasteiger partial charge in [0.2, 0.25) is 11.8 Å². The number of hydrogen-bond acceptors (Lipinski definition) is 7. The molecule has 4 rings (SSSR count). The van der Waals surface area contributed by atoms with Gasteiger partial charge in [-0.15, -0.1) is 5.10 Å². The van der Waals surface area contributed by atoms with Crippen LogP contribution in [0.2, 0.25) is 0 Å². The van der Waals surface area contributed by atoms with E-state index in [0.717, 1.165) is 11.1 Å². The Morgan fingerprint density at radius 2 is 1.86 bits per heavy atom. The van der Waals surface area contributed by atoms with E-state index in [4.69, 9.17) is 19.9 Å². The molecule has 1 aromatic heterocycles. The highest BCUT2D eigenvalue weighted by Crippen LogP contribution is 2.46. The van der Waals surface area contributed by atoms with E-state index in [9.17, 15) is 10.4 Å². The van der Waals surface area contributed by atoms with Crippen molar-refractivity contribution in [3.63, 3.8) is 0 Å². The largest absolute Gasteiger partial charge is 0.508 e. The van der Waals surface area contributed by atoms with Gasteiger partial charge in [-0.1, -0.05) is 12.1 Å². The highest BCUT2D eigenvalue weighted by molar-refractivity contribution is 5.73. The summed E-state index contributed by atoms with van der Waals surface area (Å²) in [7, 11) is 3.13. The van der Waals surface area contributed by atoms with Crippen molar-refractivity contribution < 1.29 is 19.3 Å². The number of nitrogens with two attached hydrogens (primary N) is 1. The van der Waals surface area contributed by atoms with Crippen molar-refractivity contribution in [1.82, 2.24) is 10.2 Å². The lowest BCUT2D eigenvalue weighted by Gasteiger charge is -2.24. The quantitative estimate of drug-likeness (QED) is 0.625. The van der Waals surface area contributed by atoms with Crippen molar-refractivity contribution in [3.8, 4) is 40.5 Å². The topological polar surface area (TPSA) is 126 Å². The summed E-state index contributed by atoms with van der Waals surface area (Å²) in [5, 5.41) is 26.6. The molecule has 1 aliphatic rings. The molecule has 0 saturated carbocycles. The number of aromatic amines is 1. The SMILES string of the molecule is COc1ccc(-c2[nH]nc3c2[C@@H](c2ccc(O)cc2)C(C#N)=C(N)O3)cc1OC. The highest BCUT2D eigenvalue weighted by Gasteiger charge is 2.35. The number of nitrogens with zero attached hydrogens (tertiary/aromatic N) is 2. The summed E-state index contributed by atoms with van der Waals surface area (Å²) in [4.78, 5) is 0. The van der Waals surface area contributed by atoms with Crippen molar-refractivity contribution in [3.05, 3.63) is 65.0 Å². The Hall–Kier alpha value is -4.12. The fourth-order valence-electron chi connectivity index (χ4n) is 3.46. The van der Waals surface area contributed by atoms with Gasteiger partial charge in [-0.05, 0) is 35.9 Å². The fourth-order valence-corrected chi connectivity index (χ4v) is 3.46. The predicted molar refractivity (Wildman–Crippen MR) is 105 cm³/mol. The van der Waals surface area contributed by atoms with Crippen LogP contribution in [-0.4, -0.2) is 29.5 Å². The van der Waals surface area contributed by atoms with E-state index in [1.54, 1.807) is 44.6 Å². The molecule has 0 spiro atoms. The zero-order valence-corrected chi connectivity index (χ0v) is 15.8. The van der Waals surface area contributed by atoms with Gasteiger partial charge >= 0.3 is 0 Å². The fraction of sp³-hybridized carbons (Fsp3) is 0.143. The molecule has 146 valence electrons. The van der Waals surface area contributed by atoms with E-state index in [-0.39, 0.29) is 17.2 Å². The standard InChI is InChI=1S/C21H18N4O4/c1-27-15-8-5-12(9-16(15)28-2)19-18-17(11-3-6-13(26)7-4-11)14(10-22)20(23)29-21(18)25-24-19/h3-9,17,26H,23H2,1-2H3,(H,24,25)/t17-/m0/s1. The normalized spacial score (nSPS) is 15.3. The monoisotopic (exact) mass is 390 g/mol. The molecule has 0 radical (unpaired) electrons. The molecule has 0 fully saturated rings. The summed E-state index contributed by atoms with van der Waals surface area (Å²) < 4.78 is 16.3. The third-order valence-corrected chi connectivity index (χ3v) is 4.84. The second kappa shape index (κ2) is 7.13. The van der Waals surface area contributed by atoms with Crippen LogP contribution in [0.3, 0.4) is 0 Å². The molecule has 0 aliphatic carbocycles. The van der Waals surface area contributed by atoms with Crippen LogP contribution in [0.4, 0.5) is 0 Å². The second-order valence-electron chi connectivity index (χ2n) is 6.40. The molecule has 8 heteroatoms. The van der Waals surface area contributed by atoms with E-state index in [2.05, 4.69) is 16.3 Å². The van der Waals surface area contributed by atoms with Crippen LogP contribution in [0, 0.1) is 11.3 Å². The summed E-state index contributed by atoms with van der Waals surface area (Å²) in [6, 6.07) is 14.2. The van der Waals surface area contributed by atoms with E-state index < -0.39 is 5.92 Å². The van der Waals surface area contributed by atoms with E-state index in [1.807, 2.05) is 12.1 Å². The molecule has 0 bridgehead atoms. The maximum Gasteiger partial charge on any atom is 0.244 e. The first kappa shape index (κ1) is 18.3. The molecule has 0 unspecified atom stereocenters. The Morgan fingerprint density at radius 1 is 1.14 bits per heavy atom. The molecule has 29 heavy (non-hydrogen) atoms. The molecular formula is C21H18N4O4. The zero-order valence-electron chi connectivity index (χ0n) is 15.8.